The second-order valence-corrected chi connectivity index (χ2v) is 5.93. The van der Waals surface area contributed by atoms with Crippen molar-refractivity contribution in [3.8, 4) is 5.75 Å². The van der Waals surface area contributed by atoms with Gasteiger partial charge in [-0.05, 0) is 43.0 Å². The smallest absolute Gasteiger partial charge is 0.273 e. The van der Waals surface area contributed by atoms with Crippen LogP contribution in [-0.4, -0.2) is 22.4 Å². The maximum absolute atomic E-state index is 11.9. The van der Waals surface area contributed by atoms with Gasteiger partial charge in [-0.25, -0.2) is 4.98 Å². The van der Waals surface area contributed by atoms with E-state index in [2.05, 4.69) is 15.3 Å². The Hall–Kier alpha value is -2.89. The molecule has 122 valence electrons. The van der Waals surface area contributed by atoms with Crippen molar-refractivity contribution in [2.75, 3.05) is 6.54 Å². The van der Waals surface area contributed by atoms with Gasteiger partial charge in [0.05, 0.1) is 5.52 Å². The summed E-state index contributed by atoms with van der Waals surface area (Å²) in [6.45, 7) is 0.879. The highest BCUT2D eigenvalue weighted by Crippen LogP contribution is 2.27. The quantitative estimate of drug-likeness (QED) is 0.754. The fourth-order valence-corrected chi connectivity index (χ4v) is 2.42. The zero-order chi connectivity index (χ0) is 16.4. The van der Waals surface area contributed by atoms with E-state index in [1.165, 1.54) is 19.1 Å². The fourth-order valence-electron chi connectivity index (χ4n) is 2.42. The van der Waals surface area contributed by atoms with Crippen molar-refractivity contribution < 1.29 is 13.9 Å². The third-order valence-electron chi connectivity index (χ3n) is 3.97. The summed E-state index contributed by atoms with van der Waals surface area (Å²) in [5.74, 6) is 1.51. The number of nitrogens with one attached hydrogen (secondary N) is 1. The average Bonchev–Trinajstić information content (AvgIpc) is 3.33. The molecule has 0 bridgehead atoms. The molecule has 6 heteroatoms. The highest BCUT2D eigenvalue weighted by atomic mass is 16.5. The molecule has 1 amide bonds. The van der Waals surface area contributed by atoms with Gasteiger partial charge in [-0.2, -0.15) is 0 Å². The molecular weight excluding hydrogens is 306 g/mol. The summed E-state index contributed by atoms with van der Waals surface area (Å²) in [5, 5.41) is 3.86. The molecule has 0 atom stereocenters. The van der Waals surface area contributed by atoms with Gasteiger partial charge in [0, 0.05) is 18.1 Å². The fraction of sp³-hybridized carbons (Fsp3) is 0.278. The molecular formula is C18H17N3O3. The van der Waals surface area contributed by atoms with Gasteiger partial charge < -0.3 is 14.5 Å². The number of fused-ring (bicyclic) bond motifs is 1. The first-order valence-corrected chi connectivity index (χ1v) is 7.98. The Bertz CT molecular complexity index is 871. The van der Waals surface area contributed by atoms with E-state index in [9.17, 15) is 4.79 Å². The lowest BCUT2D eigenvalue weighted by Crippen LogP contribution is -2.25. The van der Waals surface area contributed by atoms with Crippen LogP contribution >= 0.6 is 0 Å². The monoisotopic (exact) mass is 323 g/mol. The molecule has 0 saturated heterocycles. The highest BCUT2D eigenvalue weighted by Gasteiger charge is 2.22. The van der Waals surface area contributed by atoms with Crippen LogP contribution in [0.15, 0.2) is 47.2 Å². The predicted molar refractivity (Wildman–Crippen MR) is 87.6 cm³/mol. The lowest BCUT2D eigenvalue weighted by atomic mass is 10.2. The standard InChI is InChI=1S/C18H17N3O3/c22-18(20-9-12-3-4-12)16-10-24-17(21-16)11-23-14-5-6-15-13(8-14)2-1-7-19-15/h1-2,5-8,10,12H,3-4,9,11H2,(H,20,22). The second kappa shape index (κ2) is 6.31. The van der Waals surface area contributed by atoms with E-state index >= 15 is 0 Å². The number of nitrogens with zero attached hydrogens (tertiary/aromatic N) is 2. The molecule has 4 rings (SSSR count). The first-order chi connectivity index (χ1) is 11.8. The van der Waals surface area contributed by atoms with Crippen molar-refractivity contribution >= 4 is 16.8 Å². The SMILES string of the molecule is O=C(NCC1CC1)c1coc(COc2ccc3ncccc3c2)n1. The molecule has 24 heavy (non-hydrogen) atoms. The molecule has 0 radical (unpaired) electrons. The van der Waals surface area contributed by atoms with Gasteiger partial charge in [-0.3, -0.25) is 9.78 Å². The zero-order valence-corrected chi connectivity index (χ0v) is 13.1. The Morgan fingerprint density at radius 2 is 2.25 bits per heavy atom. The number of benzene rings is 1. The van der Waals surface area contributed by atoms with Crippen molar-refractivity contribution in [3.05, 3.63) is 54.4 Å². The van der Waals surface area contributed by atoms with Gasteiger partial charge in [0.15, 0.2) is 12.3 Å². The van der Waals surface area contributed by atoms with Crippen molar-refractivity contribution in [1.82, 2.24) is 15.3 Å². The average molecular weight is 323 g/mol. The Balaban J connectivity index is 1.37. The molecule has 0 aliphatic heterocycles. The number of carbonyl (C=O) groups excluding carboxylic acids is 1. The molecule has 1 aliphatic rings. The number of amides is 1. The lowest BCUT2D eigenvalue weighted by molar-refractivity contribution is 0.0946. The first kappa shape index (κ1) is 14.7. The van der Waals surface area contributed by atoms with Crippen LogP contribution in [0.5, 0.6) is 5.75 Å². The van der Waals surface area contributed by atoms with Gasteiger partial charge in [-0.1, -0.05) is 6.07 Å². The van der Waals surface area contributed by atoms with Gasteiger partial charge in [0.1, 0.15) is 12.0 Å². The Morgan fingerprint density at radius 1 is 1.33 bits per heavy atom. The number of carbonyl (C=O) groups is 1. The summed E-state index contributed by atoms with van der Waals surface area (Å²) in [6.07, 6.45) is 5.51. The van der Waals surface area contributed by atoms with Crippen LogP contribution in [0.2, 0.25) is 0 Å². The normalized spacial score (nSPS) is 13.8. The van der Waals surface area contributed by atoms with Crippen LogP contribution in [0.1, 0.15) is 29.2 Å². The van der Waals surface area contributed by atoms with Crippen molar-refractivity contribution in [1.29, 1.82) is 0 Å². The van der Waals surface area contributed by atoms with Crippen LogP contribution in [-0.2, 0) is 6.61 Å². The van der Waals surface area contributed by atoms with E-state index in [-0.39, 0.29) is 18.2 Å². The first-order valence-electron chi connectivity index (χ1n) is 7.98. The summed E-state index contributed by atoms with van der Waals surface area (Å²) < 4.78 is 11.0. The van der Waals surface area contributed by atoms with Gasteiger partial charge in [0.2, 0.25) is 5.89 Å². The third-order valence-corrected chi connectivity index (χ3v) is 3.97. The maximum atomic E-state index is 11.9. The Morgan fingerprint density at radius 3 is 3.12 bits per heavy atom. The molecule has 3 aromatic rings. The van der Waals surface area contributed by atoms with E-state index < -0.39 is 0 Å². The molecule has 1 aliphatic carbocycles. The summed E-state index contributed by atoms with van der Waals surface area (Å²) in [6, 6.07) is 9.52. The molecule has 2 heterocycles. The van der Waals surface area contributed by atoms with Crippen molar-refractivity contribution in [3.63, 3.8) is 0 Å². The summed E-state index contributed by atoms with van der Waals surface area (Å²) in [7, 11) is 0. The minimum Gasteiger partial charge on any atom is -0.484 e. The van der Waals surface area contributed by atoms with E-state index in [0.717, 1.165) is 10.9 Å². The summed E-state index contributed by atoms with van der Waals surface area (Å²) in [4.78, 5) is 20.4. The van der Waals surface area contributed by atoms with Crippen molar-refractivity contribution in [2.24, 2.45) is 5.92 Å². The van der Waals surface area contributed by atoms with Gasteiger partial charge in [-0.15, -0.1) is 0 Å². The topological polar surface area (TPSA) is 77.2 Å². The van der Waals surface area contributed by atoms with Gasteiger partial charge >= 0.3 is 0 Å². The van der Waals surface area contributed by atoms with Crippen LogP contribution in [0.25, 0.3) is 10.9 Å². The van der Waals surface area contributed by atoms with Gasteiger partial charge in [0.25, 0.3) is 5.91 Å². The summed E-state index contributed by atoms with van der Waals surface area (Å²) >= 11 is 0. The van der Waals surface area contributed by atoms with E-state index in [1.807, 2.05) is 30.3 Å². The zero-order valence-electron chi connectivity index (χ0n) is 13.1. The third kappa shape index (κ3) is 3.37. The Labute approximate surface area is 138 Å². The van der Waals surface area contributed by atoms with E-state index in [0.29, 0.717) is 24.1 Å². The number of hydrogen-bond acceptors (Lipinski definition) is 5. The molecule has 0 spiro atoms. The number of oxazole rings is 1. The molecule has 0 unspecified atom stereocenters. The summed E-state index contributed by atoms with van der Waals surface area (Å²) in [5.41, 5.74) is 1.20. The molecule has 1 aromatic carbocycles. The molecule has 6 nitrogen and oxygen atoms in total. The number of pyridine rings is 1. The highest BCUT2D eigenvalue weighted by molar-refractivity contribution is 5.91. The molecule has 1 saturated carbocycles. The lowest BCUT2D eigenvalue weighted by Gasteiger charge is -2.04. The maximum Gasteiger partial charge on any atom is 0.273 e. The van der Waals surface area contributed by atoms with Crippen LogP contribution in [0, 0.1) is 5.92 Å². The predicted octanol–water partition coefficient (Wildman–Crippen LogP) is 2.94. The van der Waals surface area contributed by atoms with Crippen LogP contribution in [0.3, 0.4) is 0 Å². The van der Waals surface area contributed by atoms with E-state index in [1.54, 1.807) is 6.20 Å². The number of ether oxygens (including phenoxy) is 1. The number of hydrogen-bond donors (Lipinski definition) is 1. The minimum absolute atomic E-state index is 0.168. The van der Waals surface area contributed by atoms with Crippen molar-refractivity contribution in [2.45, 2.75) is 19.4 Å². The molecule has 2 aromatic heterocycles. The minimum atomic E-state index is -0.200. The Kier molecular flexibility index (Phi) is 3.86. The van der Waals surface area contributed by atoms with Crippen LogP contribution < -0.4 is 10.1 Å². The second-order valence-electron chi connectivity index (χ2n) is 5.93. The van der Waals surface area contributed by atoms with E-state index in [4.69, 9.17) is 9.15 Å². The number of aromatic nitrogens is 2. The van der Waals surface area contributed by atoms with Crippen LogP contribution in [0.4, 0.5) is 0 Å². The molecule has 1 fully saturated rings. The number of rotatable bonds is 6. The molecule has 1 N–H and O–H groups in total. The largest absolute Gasteiger partial charge is 0.484 e.